The molecule has 2 aliphatic rings. The Morgan fingerprint density at radius 1 is 1.33 bits per heavy atom. The van der Waals surface area contributed by atoms with Crippen molar-refractivity contribution in [1.29, 1.82) is 0 Å². The van der Waals surface area contributed by atoms with Crippen LogP contribution in [0, 0.1) is 5.92 Å². The van der Waals surface area contributed by atoms with Gasteiger partial charge in [0.15, 0.2) is 5.96 Å². The van der Waals surface area contributed by atoms with Crippen LogP contribution in [0.5, 0.6) is 0 Å². The molecule has 5 nitrogen and oxygen atoms in total. The summed E-state index contributed by atoms with van der Waals surface area (Å²) in [5.41, 5.74) is 2.69. The molecule has 3 rings (SSSR count). The third-order valence-corrected chi connectivity index (χ3v) is 5.29. The first-order valence-corrected chi connectivity index (χ1v) is 9.77. The first-order chi connectivity index (χ1) is 11.7. The monoisotopic (exact) mass is 331 g/mol. The molecule has 0 bridgehead atoms. The quantitative estimate of drug-likeness (QED) is 0.644. The molecule has 2 N–H and O–H groups in total. The van der Waals surface area contributed by atoms with Crippen LogP contribution in [-0.4, -0.2) is 34.9 Å². The van der Waals surface area contributed by atoms with Gasteiger partial charge in [-0.2, -0.15) is 5.10 Å². The van der Waals surface area contributed by atoms with Gasteiger partial charge in [-0.3, -0.25) is 9.67 Å². The number of rotatable bonds is 5. The largest absolute Gasteiger partial charge is 0.357 e. The van der Waals surface area contributed by atoms with Gasteiger partial charge in [0, 0.05) is 37.8 Å². The van der Waals surface area contributed by atoms with Crippen LogP contribution in [0.15, 0.2) is 11.2 Å². The number of hydrogen-bond donors (Lipinski definition) is 2. The van der Waals surface area contributed by atoms with Crippen molar-refractivity contribution in [3.63, 3.8) is 0 Å². The molecule has 1 heterocycles. The van der Waals surface area contributed by atoms with E-state index < -0.39 is 0 Å². The van der Waals surface area contributed by atoms with Gasteiger partial charge >= 0.3 is 0 Å². The molecule has 1 aromatic heterocycles. The zero-order chi connectivity index (χ0) is 16.9. The SMILES string of the molecule is CCNC(=NCC1CCCC1)NC1CCc2cn(C(C)C)nc2C1. The first-order valence-electron chi connectivity index (χ1n) is 9.77. The summed E-state index contributed by atoms with van der Waals surface area (Å²) in [5.74, 6) is 1.78. The molecule has 0 radical (unpaired) electrons. The van der Waals surface area contributed by atoms with Crippen molar-refractivity contribution in [2.75, 3.05) is 13.1 Å². The summed E-state index contributed by atoms with van der Waals surface area (Å²) in [4.78, 5) is 4.85. The van der Waals surface area contributed by atoms with Crippen molar-refractivity contribution in [2.24, 2.45) is 10.9 Å². The summed E-state index contributed by atoms with van der Waals surface area (Å²) in [5, 5.41) is 11.8. The third-order valence-electron chi connectivity index (χ3n) is 5.29. The zero-order valence-electron chi connectivity index (χ0n) is 15.5. The molecule has 1 atom stereocenters. The van der Waals surface area contributed by atoms with Crippen LogP contribution in [0.4, 0.5) is 0 Å². The van der Waals surface area contributed by atoms with Gasteiger partial charge in [0.1, 0.15) is 0 Å². The van der Waals surface area contributed by atoms with Crippen molar-refractivity contribution >= 4 is 5.96 Å². The average molecular weight is 332 g/mol. The topological polar surface area (TPSA) is 54.2 Å². The van der Waals surface area contributed by atoms with E-state index in [9.17, 15) is 0 Å². The summed E-state index contributed by atoms with van der Waals surface area (Å²) in [6.07, 6.45) is 11.0. The van der Waals surface area contributed by atoms with E-state index in [1.165, 1.54) is 36.9 Å². The Labute approximate surface area is 146 Å². The molecule has 1 unspecified atom stereocenters. The lowest BCUT2D eigenvalue weighted by Gasteiger charge is -2.24. The van der Waals surface area contributed by atoms with Crippen molar-refractivity contribution in [3.05, 3.63) is 17.5 Å². The van der Waals surface area contributed by atoms with Crippen LogP contribution < -0.4 is 10.6 Å². The van der Waals surface area contributed by atoms with Gasteiger partial charge in [0.2, 0.25) is 0 Å². The Morgan fingerprint density at radius 3 is 2.83 bits per heavy atom. The summed E-state index contributed by atoms with van der Waals surface area (Å²) in [7, 11) is 0. The second kappa shape index (κ2) is 8.04. The van der Waals surface area contributed by atoms with E-state index in [1.54, 1.807) is 0 Å². The molecule has 0 amide bonds. The second-order valence-corrected chi connectivity index (χ2v) is 7.63. The number of nitrogens with zero attached hydrogens (tertiary/aromatic N) is 3. The zero-order valence-corrected chi connectivity index (χ0v) is 15.5. The Kier molecular flexibility index (Phi) is 5.80. The van der Waals surface area contributed by atoms with Crippen molar-refractivity contribution < 1.29 is 0 Å². The van der Waals surface area contributed by atoms with Crippen LogP contribution in [0.3, 0.4) is 0 Å². The minimum atomic E-state index is 0.437. The summed E-state index contributed by atoms with van der Waals surface area (Å²) in [6, 6.07) is 0.877. The molecule has 5 heteroatoms. The van der Waals surface area contributed by atoms with Crippen LogP contribution >= 0.6 is 0 Å². The molecule has 0 aromatic carbocycles. The van der Waals surface area contributed by atoms with E-state index in [0.717, 1.165) is 44.2 Å². The van der Waals surface area contributed by atoms with Crippen LogP contribution in [0.2, 0.25) is 0 Å². The van der Waals surface area contributed by atoms with E-state index >= 15 is 0 Å². The molecule has 0 aliphatic heterocycles. The minimum Gasteiger partial charge on any atom is -0.357 e. The van der Waals surface area contributed by atoms with E-state index in [-0.39, 0.29) is 0 Å². The van der Waals surface area contributed by atoms with Crippen LogP contribution in [-0.2, 0) is 12.8 Å². The van der Waals surface area contributed by atoms with Gasteiger partial charge in [0.05, 0.1) is 5.69 Å². The standard InChI is InChI=1S/C19H33N5/c1-4-20-19(21-12-15-7-5-6-8-15)22-17-10-9-16-13-24(14(2)3)23-18(16)11-17/h13-15,17H,4-12H2,1-3H3,(H2,20,21,22). The number of aromatic nitrogens is 2. The fourth-order valence-electron chi connectivity index (χ4n) is 3.83. The number of aliphatic imine (C=N–C) groups is 1. The highest BCUT2D eigenvalue weighted by Crippen LogP contribution is 2.25. The van der Waals surface area contributed by atoms with E-state index in [0.29, 0.717) is 12.1 Å². The molecule has 1 aromatic rings. The predicted molar refractivity (Wildman–Crippen MR) is 99.5 cm³/mol. The third kappa shape index (κ3) is 4.31. The van der Waals surface area contributed by atoms with Crippen LogP contribution in [0.1, 0.15) is 70.2 Å². The van der Waals surface area contributed by atoms with Gasteiger partial charge in [-0.25, -0.2) is 0 Å². The minimum absolute atomic E-state index is 0.437. The lowest BCUT2D eigenvalue weighted by molar-refractivity contribution is 0.497. The molecule has 24 heavy (non-hydrogen) atoms. The Bertz CT molecular complexity index is 554. The molecule has 0 saturated heterocycles. The average Bonchev–Trinajstić information content (AvgIpc) is 3.21. The molecule has 1 fully saturated rings. The fourth-order valence-corrected chi connectivity index (χ4v) is 3.83. The maximum Gasteiger partial charge on any atom is 0.191 e. The van der Waals surface area contributed by atoms with Gasteiger partial charge in [-0.1, -0.05) is 12.8 Å². The maximum absolute atomic E-state index is 4.85. The van der Waals surface area contributed by atoms with Gasteiger partial charge in [0.25, 0.3) is 0 Å². The van der Waals surface area contributed by atoms with Crippen LogP contribution in [0.25, 0.3) is 0 Å². The Morgan fingerprint density at radius 2 is 2.12 bits per heavy atom. The van der Waals surface area contributed by atoms with E-state index in [2.05, 4.69) is 42.3 Å². The lowest BCUT2D eigenvalue weighted by Crippen LogP contribution is -2.45. The van der Waals surface area contributed by atoms with Crippen molar-refractivity contribution in [3.8, 4) is 0 Å². The number of aryl methyl sites for hydroxylation is 1. The Hall–Kier alpha value is -1.52. The highest BCUT2D eigenvalue weighted by atomic mass is 15.3. The molecular weight excluding hydrogens is 298 g/mol. The molecule has 2 aliphatic carbocycles. The van der Waals surface area contributed by atoms with E-state index in [1.807, 2.05) is 0 Å². The summed E-state index contributed by atoms with van der Waals surface area (Å²) < 4.78 is 2.10. The fraction of sp³-hybridized carbons (Fsp3) is 0.789. The molecule has 0 spiro atoms. The smallest absolute Gasteiger partial charge is 0.191 e. The molecular formula is C19H33N5. The summed E-state index contributed by atoms with van der Waals surface area (Å²) >= 11 is 0. The first kappa shape index (κ1) is 17.3. The van der Waals surface area contributed by atoms with Crippen molar-refractivity contribution in [2.45, 2.75) is 77.8 Å². The number of fused-ring (bicyclic) bond motifs is 1. The Balaban J connectivity index is 1.59. The number of guanidine groups is 1. The van der Waals surface area contributed by atoms with Gasteiger partial charge < -0.3 is 10.6 Å². The molecule has 1 saturated carbocycles. The van der Waals surface area contributed by atoms with Gasteiger partial charge in [-0.05, 0) is 57.9 Å². The number of nitrogens with one attached hydrogen (secondary N) is 2. The van der Waals surface area contributed by atoms with Gasteiger partial charge in [-0.15, -0.1) is 0 Å². The molecule has 134 valence electrons. The highest BCUT2D eigenvalue weighted by molar-refractivity contribution is 5.80. The number of hydrogen-bond acceptors (Lipinski definition) is 2. The summed E-state index contributed by atoms with van der Waals surface area (Å²) in [6.45, 7) is 8.39. The van der Waals surface area contributed by atoms with E-state index in [4.69, 9.17) is 10.1 Å². The lowest BCUT2D eigenvalue weighted by atomic mass is 9.94. The van der Waals surface area contributed by atoms with Crippen molar-refractivity contribution in [1.82, 2.24) is 20.4 Å². The maximum atomic E-state index is 4.85. The predicted octanol–water partition coefficient (Wildman–Crippen LogP) is 3.07. The highest BCUT2D eigenvalue weighted by Gasteiger charge is 2.23. The second-order valence-electron chi connectivity index (χ2n) is 7.63. The normalized spacial score (nSPS) is 22.0.